The number of hydrogen-bond acceptors (Lipinski definition) is 2. The van der Waals surface area contributed by atoms with E-state index in [0.29, 0.717) is 6.29 Å². The number of carbonyl (C=O) groups is 1. The van der Waals surface area contributed by atoms with Gasteiger partial charge in [-0.15, -0.1) is 6.42 Å². The first kappa shape index (κ1) is 11.3. The first-order valence-corrected chi connectivity index (χ1v) is 4.40. The molecule has 0 aromatic heterocycles. The normalized spacial score (nSPS) is 10.5. The van der Waals surface area contributed by atoms with Gasteiger partial charge in [0.15, 0.2) is 23.5 Å². The van der Waals surface area contributed by atoms with E-state index in [2.05, 4.69) is 5.92 Å². The highest BCUT2D eigenvalue weighted by Gasteiger charge is 2.20. The van der Waals surface area contributed by atoms with Gasteiger partial charge in [-0.2, -0.15) is 0 Å². The number of aldehydes is 1. The van der Waals surface area contributed by atoms with Crippen LogP contribution in [0.3, 0.4) is 0 Å². The zero-order chi connectivity index (χ0) is 11.5. The van der Waals surface area contributed by atoms with Crippen molar-refractivity contribution < 1.29 is 13.9 Å². The lowest BCUT2D eigenvalue weighted by atomic mass is 10.1. The number of carbonyl (C=O) groups excluding carboxylic acids is 1. The second-order valence-electron chi connectivity index (χ2n) is 3.53. The van der Waals surface area contributed by atoms with E-state index in [4.69, 9.17) is 11.2 Å². The molecule has 0 unspecified atom stereocenters. The Morgan fingerprint density at radius 3 is 2.73 bits per heavy atom. The van der Waals surface area contributed by atoms with Gasteiger partial charge in [0.2, 0.25) is 0 Å². The summed E-state index contributed by atoms with van der Waals surface area (Å²) in [5, 5.41) is 0. The van der Waals surface area contributed by atoms with Crippen LogP contribution in [0.4, 0.5) is 4.39 Å². The molecule has 0 N–H and O–H groups in total. The van der Waals surface area contributed by atoms with Gasteiger partial charge < -0.3 is 4.74 Å². The number of terminal acetylenes is 1. The third-order valence-corrected chi connectivity index (χ3v) is 1.83. The molecule has 1 rings (SSSR count). The molecule has 0 aliphatic heterocycles. The summed E-state index contributed by atoms with van der Waals surface area (Å²) in [6.45, 7) is 3.24. The standard InChI is InChI=1S/C12H11FO2/c1-4-12(2,3)15-11-9(8-14)6-5-7-10(11)13/h1,5-8H,2-3H3. The highest BCUT2D eigenvalue weighted by molar-refractivity contribution is 5.79. The molecule has 0 saturated carbocycles. The molecule has 3 heteroatoms. The van der Waals surface area contributed by atoms with Crippen LogP contribution in [0.1, 0.15) is 24.2 Å². The van der Waals surface area contributed by atoms with Gasteiger partial charge >= 0.3 is 0 Å². The van der Waals surface area contributed by atoms with Gasteiger partial charge in [-0.1, -0.05) is 12.0 Å². The lowest BCUT2D eigenvalue weighted by molar-refractivity contribution is 0.110. The fourth-order valence-electron chi connectivity index (χ4n) is 1.01. The van der Waals surface area contributed by atoms with Crippen molar-refractivity contribution in [2.45, 2.75) is 19.4 Å². The molecular formula is C12H11FO2. The molecule has 15 heavy (non-hydrogen) atoms. The number of ether oxygens (including phenoxy) is 1. The van der Waals surface area contributed by atoms with E-state index in [1.54, 1.807) is 13.8 Å². The van der Waals surface area contributed by atoms with E-state index in [9.17, 15) is 9.18 Å². The summed E-state index contributed by atoms with van der Waals surface area (Å²) in [6, 6.07) is 4.13. The van der Waals surface area contributed by atoms with Gasteiger partial charge in [0.25, 0.3) is 0 Å². The van der Waals surface area contributed by atoms with Crippen LogP contribution in [0.5, 0.6) is 5.75 Å². The lowest BCUT2D eigenvalue weighted by Crippen LogP contribution is -2.26. The van der Waals surface area contributed by atoms with Crippen molar-refractivity contribution in [1.29, 1.82) is 0 Å². The van der Waals surface area contributed by atoms with Gasteiger partial charge in [0, 0.05) is 0 Å². The molecular weight excluding hydrogens is 195 g/mol. The molecule has 0 amide bonds. The van der Waals surface area contributed by atoms with Crippen LogP contribution in [0.25, 0.3) is 0 Å². The van der Waals surface area contributed by atoms with E-state index >= 15 is 0 Å². The number of halogens is 1. The molecule has 0 aliphatic rings. The molecule has 0 spiro atoms. The average Bonchev–Trinajstić information content (AvgIpc) is 2.21. The zero-order valence-electron chi connectivity index (χ0n) is 8.58. The second kappa shape index (κ2) is 4.14. The molecule has 0 saturated heterocycles. The van der Waals surface area contributed by atoms with Crippen molar-refractivity contribution in [3.05, 3.63) is 29.6 Å². The van der Waals surface area contributed by atoms with Crippen LogP contribution in [0, 0.1) is 18.2 Å². The first-order valence-electron chi connectivity index (χ1n) is 4.40. The summed E-state index contributed by atoms with van der Waals surface area (Å²) in [5.41, 5.74) is -0.793. The molecule has 0 radical (unpaired) electrons. The van der Waals surface area contributed by atoms with Crippen LogP contribution in [0.2, 0.25) is 0 Å². The maximum atomic E-state index is 13.4. The summed E-state index contributed by atoms with van der Waals surface area (Å²) < 4.78 is 18.6. The van der Waals surface area contributed by atoms with Crippen molar-refractivity contribution in [3.63, 3.8) is 0 Å². The van der Waals surface area contributed by atoms with Crippen molar-refractivity contribution in [1.82, 2.24) is 0 Å². The smallest absolute Gasteiger partial charge is 0.167 e. The fraction of sp³-hybridized carbons (Fsp3) is 0.250. The van der Waals surface area contributed by atoms with Crippen molar-refractivity contribution in [3.8, 4) is 18.1 Å². The molecule has 1 aromatic carbocycles. The molecule has 0 atom stereocenters. The summed E-state index contributed by atoms with van der Waals surface area (Å²) in [7, 11) is 0. The first-order chi connectivity index (χ1) is 7.00. The number of hydrogen-bond donors (Lipinski definition) is 0. The third-order valence-electron chi connectivity index (χ3n) is 1.83. The van der Waals surface area contributed by atoms with E-state index < -0.39 is 11.4 Å². The number of para-hydroxylation sites is 1. The van der Waals surface area contributed by atoms with E-state index in [0.717, 1.165) is 0 Å². The predicted octanol–water partition coefficient (Wildman–Crippen LogP) is 2.43. The summed E-state index contributed by atoms with van der Waals surface area (Å²) in [4.78, 5) is 10.7. The Morgan fingerprint density at radius 2 is 2.20 bits per heavy atom. The van der Waals surface area contributed by atoms with E-state index in [-0.39, 0.29) is 11.3 Å². The topological polar surface area (TPSA) is 26.3 Å². The lowest BCUT2D eigenvalue weighted by Gasteiger charge is -2.21. The zero-order valence-corrected chi connectivity index (χ0v) is 8.58. The monoisotopic (exact) mass is 206 g/mol. The Balaban J connectivity index is 3.15. The van der Waals surface area contributed by atoms with Crippen LogP contribution in [-0.2, 0) is 0 Å². The quantitative estimate of drug-likeness (QED) is 0.560. The Morgan fingerprint density at radius 1 is 1.53 bits per heavy atom. The summed E-state index contributed by atoms with van der Waals surface area (Å²) in [6.07, 6.45) is 5.74. The van der Waals surface area contributed by atoms with Crippen molar-refractivity contribution in [2.75, 3.05) is 0 Å². The van der Waals surface area contributed by atoms with Crippen LogP contribution in [0.15, 0.2) is 18.2 Å². The molecule has 0 heterocycles. The van der Waals surface area contributed by atoms with Gasteiger partial charge in [-0.25, -0.2) is 4.39 Å². The maximum absolute atomic E-state index is 13.4. The van der Waals surface area contributed by atoms with Gasteiger partial charge in [0.1, 0.15) is 0 Å². The molecule has 0 aliphatic carbocycles. The van der Waals surface area contributed by atoms with Crippen LogP contribution >= 0.6 is 0 Å². The van der Waals surface area contributed by atoms with Crippen LogP contribution < -0.4 is 4.74 Å². The minimum absolute atomic E-state index is 0.101. The van der Waals surface area contributed by atoms with Gasteiger partial charge in [0.05, 0.1) is 5.56 Å². The van der Waals surface area contributed by atoms with Gasteiger partial charge in [-0.3, -0.25) is 4.79 Å². The summed E-state index contributed by atoms with van der Waals surface area (Å²) >= 11 is 0. The Kier molecular flexibility index (Phi) is 3.11. The maximum Gasteiger partial charge on any atom is 0.167 e. The molecule has 0 fully saturated rings. The van der Waals surface area contributed by atoms with Crippen molar-refractivity contribution in [2.24, 2.45) is 0 Å². The third kappa shape index (κ3) is 2.57. The minimum atomic E-state index is -0.944. The Hall–Kier alpha value is -1.82. The van der Waals surface area contributed by atoms with E-state index in [1.165, 1.54) is 18.2 Å². The predicted molar refractivity (Wildman–Crippen MR) is 55.3 cm³/mol. The average molecular weight is 206 g/mol. The highest BCUT2D eigenvalue weighted by atomic mass is 19.1. The van der Waals surface area contributed by atoms with Crippen LogP contribution in [-0.4, -0.2) is 11.9 Å². The molecule has 2 nitrogen and oxygen atoms in total. The fourth-order valence-corrected chi connectivity index (χ4v) is 1.01. The number of benzene rings is 1. The minimum Gasteiger partial charge on any atom is -0.471 e. The summed E-state index contributed by atoms with van der Waals surface area (Å²) in [5.74, 6) is 1.67. The van der Waals surface area contributed by atoms with Crippen molar-refractivity contribution >= 4 is 6.29 Å². The molecule has 1 aromatic rings. The molecule has 0 bridgehead atoms. The largest absolute Gasteiger partial charge is 0.471 e. The van der Waals surface area contributed by atoms with E-state index in [1.807, 2.05) is 0 Å². The SMILES string of the molecule is C#CC(C)(C)Oc1c(F)cccc1C=O. The highest BCUT2D eigenvalue weighted by Crippen LogP contribution is 2.25. The number of rotatable bonds is 3. The molecule has 78 valence electrons. The Bertz CT molecular complexity index is 416. The Labute approximate surface area is 88.1 Å². The van der Waals surface area contributed by atoms with Gasteiger partial charge in [-0.05, 0) is 26.0 Å². The second-order valence-corrected chi connectivity index (χ2v) is 3.53.